The van der Waals surface area contributed by atoms with Crippen molar-refractivity contribution < 1.29 is 0 Å². The maximum absolute atomic E-state index is 5.96. The molecule has 1 fully saturated rings. The third kappa shape index (κ3) is 3.97. The molecule has 2 heteroatoms. The van der Waals surface area contributed by atoms with Crippen LogP contribution in [0, 0.1) is 5.92 Å². The van der Waals surface area contributed by atoms with Crippen molar-refractivity contribution in [3.8, 4) is 0 Å². The van der Waals surface area contributed by atoms with Crippen molar-refractivity contribution in [2.24, 2.45) is 11.7 Å². The van der Waals surface area contributed by atoms with E-state index in [1.54, 1.807) is 0 Å². The first kappa shape index (κ1) is 12.0. The average molecular weight is 198 g/mol. The van der Waals surface area contributed by atoms with Crippen molar-refractivity contribution in [3.05, 3.63) is 0 Å². The molecule has 0 aliphatic heterocycles. The van der Waals surface area contributed by atoms with Gasteiger partial charge in [0.1, 0.15) is 0 Å². The molecule has 84 valence electrons. The van der Waals surface area contributed by atoms with E-state index in [0.717, 1.165) is 5.92 Å². The van der Waals surface area contributed by atoms with E-state index in [0.29, 0.717) is 12.1 Å². The van der Waals surface area contributed by atoms with Crippen LogP contribution < -0.4 is 11.1 Å². The van der Waals surface area contributed by atoms with E-state index in [-0.39, 0.29) is 0 Å². The molecule has 2 nitrogen and oxygen atoms in total. The van der Waals surface area contributed by atoms with Crippen LogP contribution in [-0.2, 0) is 0 Å². The van der Waals surface area contributed by atoms with Crippen LogP contribution in [0.1, 0.15) is 52.4 Å². The minimum atomic E-state index is 0.447. The summed E-state index contributed by atoms with van der Waals surface area (Å²) < 4.78 is 0. The molecule has 0 bridgehead atoms. The van der Waals surface area contributed by atoms with Gasteiger partial charge >= 0.3 is 0 Å². The number of nitrogens with two attached hydrogens (primary N) is 1. The summed E-state index contributed by atoms with van der Waals surface area (Å²) in [5.41, 5.74) is 5.96. The smallest absolute Gasteiger partial charge is 0.00819 e. The molecule has 0 spiro atoms. The Hall–Kier alpha value is -0.0800. The molecule has 0 saturated heterocycles. The Morgan fingerprint density at radius 1 is 1.29 bits per heavy atom. The van der Waals surface area contributed by atoms with Gasteiger partial charge < -0.3 is 11.1 Å². The van der Waals surface area contributed by atoms with Crippen LogP contribution in [0.4, 0.5) is 0 Å². The van der Waals surface area contributed by atoms with Gasteiger partial charge in [0.2, 0.25) is 0 Å². The van der Waals surface area contributed by atoms with E-state index >= 15 is 0 Å². The molecule has 0 amide bonds. The third-order valence-electron chi connectivity index (χ3n) is 3.56. The Morgan fingerprint density at radius 2 is 2.00 bits per heavy atom. The van der Waals surface area contributed by atoms with Crippen LogP contribution >= 0.6 is 0 Å². The molecule has 3 N–H and O–H groups in total. The largest absolute Gasteiger partial charge is 0.328 e. The van der Waals surface area contributed by atoms with Gasteiger partial charge in [0.25, 0.3) is 0 Å². The first-order valence-electron chi connectivity index (χ1n) is 6.25. The molecule has 0 aromatic heterocycles. The zero-order chi connectivity index (χ0) is 10.4. The molecule has 1 aliphatic rings. The maximum atomic E-state index is 5.96. The highest BCUT2D eigenvalue weighted by atomic mass is 14.9. The first-order valence-corrected chi connectivity index (χ1v) is 6.25. The van der Waals surface area contributed by atoms with E-state index in [9.17, 15) is 0 Å². The lowest BCUT2D eigenvalue weighted by atomic mass is 9.91. The van der Waals surface area contributed by atoms with Gasteiger partial charge in [-0.1, -0.05) is 33.1 Å². The quantitative estimate of drug-likeness (QED) is 0.711. The van der Waals surface area contributed by atoms with Crippen LogP contribution in [0.3, 0.4) is 0 Å². The Kier molecular flexibility index (Phi) is 5.49. The second-order valence-electron chi connectivity index (χ2n) is 4.71. The summed E-state index contributed by atoms with van der Waals surface area (Å²) in [6.07, 6.45) is 7.63. The van der Waals surface area contributed by atoms with Crippen LogP contribution in [-0.4, -0.2) is 18.6 Å². The van der Waals surface area contributed by atoms with E-state index < -0.39 is 0 Å². The molecule has 1 rings (SSSR count). The summed E-state index contributed by atoms with van der Waals surface area (Å²) in [5, 5.41) is 3.67. The van der Waals surface area contributed by atoms with Crippen molar-refractivity contribution in [1.29, 1.82) is 0 Å². The highest BCUT2D eigenvalue weighted by Crippen LogP contribution is 2.17. The minimum absolute atomic E-state index is 0.447. The van der Waals surface area contributed by atoms with Crippen LogP contribution in [0.15, 0.2) is 0 Å². The van der Waals surface area contributed by atoms with Gasteiger partial charge in [-0.15, -0.1) is 0 Å². The summed E-state index contributed by atoms with van der Waals surface area (Å²) in [6.45, 7) is 5.75. The Morgan fingerprint density at radius 3 is 2.57 bits per heavy atom. The number of hydrogen-bond donors (Lipinski definition) is 2. The second-order valence-corrected chi connectivity index (χ2v) is 4.71. The van der Waals surface area contributed by atoms with Gasteiger partial charge in [-0.05, 0) is 31.7 Å². The van der Waals surface area contributed by atoms with Gasteiger partial charge in [0.05, 0.1) is 0 Å². The predicted octanol–water partition coefficient (Wildman–Crippen LogP) is 2.28. The van der Waals surface area contributed by atoms with Crippen LogP contribution in [0.2, 0.25) is 0 Å². The van der Waals surface area contributed by atoms with E-state index in [4.69, 9.17) is 5.73 Å². The fourth-order valence-electron chi connectivity index (χ4n) is 2.32. The summed E-state index contributed by atoms with van der Waals surface area (Å²) in [5.74, 6) is 0.855. The highest BCUT2D eigenvalue weighted by Gasteiger charge is 2.19. The van der Waals surface area contributed by atoms with Crippen LogP contribution in [0.5, 0.6) is 0 Å². The maximum Gasteiger partial charge on any atom is 0.00819 e. The Labute approximate surface area is 88.6 Å². The molecular formula is C12H26N2. The normalized spacial score (nSPS) is 28.3. The zero-order valence-electron chi connectivity index (χ0n) is 9.76. The SMILES string of the molecule is CCC(CC)CNC1CCCC(N)C1. The number of rotatable bonds is 5. The molecule has 14 heavy (non-hydrogen) atoms. The lowest BCUT2D eigenvalue weighted by Gasteiger charge is -2.28. The lowest BCUT2D eigenvalue weighted by molar-refractivity contribution is 0.315. The van der Waals surface area contributed by atoms with Gasteiger partial charge in [0.15, 0.2) is 0 Å². The molecule has 0 aromatic rings. The van der Waals surface area contributed by atoms with Crippen molar-refractivity contribution in [2.75, 3.05) is 6.54 Å². The number of nitrogens with one attached hydrogen (secondary N) is 1. The number of hydrogen-bond acceptors (Lipinski definition) is 2. The fraction of sp³-hybridized carbons (Fsp3) is 1.00. The topological polar surface area (TPSA) is 38.0 Å². The van der Waals surface area contributed by atoms with Gasteiger partial charge in [-0.3, -0.25) is 0 Å². The lowest BCUT2D eigenvalue weighted by Crippen LogP contribution is -2.41. The van der Waals surface area contributed by atoms with Crippen LogP contribution in [0.25, 0.3) is 0 Å². The predicted molar refractivity (Wildman–Crippen MR) is 62.3 cm³/mol. The van der Waals surface area contributed by atoms with Crippen molar-refractivity contribution in [2.45, 2.75) is 64.5 Å². The summed E-state index contributed by atoms with van der Waals surface area (Å²) >= 11 is 0. The van der Waals surface area contributed by atoms with E-state index in [2.05, 4.69) is 19.2 Å². The monoisotopic (exact) mass is 198 g/mol. The molecule has 0 heterocycles. The van der Waals surface area contributed by atoms with E-state index in [1.165, 1.54) is 45.1 Å². The summed E-state index contributed by atoms with van der Waals surface area (Å²) in [4.78, 5) is 0. The Bertz CT molecular complexity index is 143. The van der Waals surface area contributed by atoms with Crippen molar-refractivity contribution in [1.82, 2.24) is 5.32 Å². The third-order valence-corrected chi connectivity index (χ3v) is 3.56. The van der Waals surface area contributed by atoms with Gasteiger partial charge in [-0.2, -0.15) is 0 Å². The molecule has 0 radical (unpaired) electrons. The van der Waals surface area contributed by atoms with Crippen molar-refractivity contribution >= 4 is 0 Å². The van der Waals surface area contributed by atoms with Crippen molar-refractivity contribution in [3.63, 3.8) is 0 Å². The molecule has 2 atom stereocenters. The van der Waals surface area contributed by atoms with Gasteiger partial charge in [-0.25, -0.2) is 0 Å². The van der Waals surface area contributed by atoms with E-state index in [1.807, 2.05) is 0 Å². The molecule has 0 aromatic carbocycles. The summed E-state index contributed by atoms with van der Waals surface area (Å²) in [7, 11) is 0. The standard InChI is InChI=1S/C12H26N2/c1-3-10(4-2)9-14-12-7-5-6-11(13)8-12/h10-12,14H,3-9,13H2,1-2H3. The minimum Gasteiger partial charge on any atom is -0.328 e. The molecule has 2 unspecified atom stereocenters. The average Bonchev–Trinajstić information content (AvgIpc) is 2.19. The van der Waals surface area contributed by atoms with Gasteiger partial charge in [0, 0.05) is 12.1 Å². The molecule has 1 aliphatic carbocycles. The zero-order valence-corrected chi connectivity index (χ0v) is 9.76. The highest BCUT2D eigenvalue weighted by molar-refractivity contribution is 4.80. The molecular weight excluding hydrogens is 172 g/mol. The fourth-order valence-corrected chi connectivity index (χ4v) is 2.32. The second kappa shape index (κ2) is 6.41. The molecule has 1 saturated carbocycles. The summed E-state index contributed by atoms with van der Waals surface area (Å²) in [6, 6.07) is 1.14. The first-order chi connectivity index (χ1) is 6.76. The Balaban J connectivity index is 2.16.